The van der Waals surface area contributed by atoms with Crippen LogP contribution >= 0.6 is 0 Å². The standard InChI is InChI=1S/C12H17F2NO/c1-3-6-15-8-9(2)16-12-7-10(13)4-5-11(12)14/h4-5,7,9,15H,3,6,8H2,1-2H3. The molecule has 0 aliphatic carbocycles. The summed E-state index contributed by atoms with van der Waals surface area (Å²) in [5.41, 5.74) is 0. The lowest BCUT2D eigenvalue weighted by molar-refractivity contribution is 0.207. The summed E-state index contributed by atoms with van der Waals surface area (Å²) in [6.07, 6.45) is 0.837. The Morgan fingerprint density at radius 1 is 1.38 bits per heavy atom. The topological polar surface area (TPSA) is 21.3 Å². The minimum absolute atomic E-state index is 0.0363. The van der Waals surface area contributed by atoms with E-state index >= 15 is 0 Å². The molecular weight excluding hydrogens is 212 g/mol. The van der Waals surface area contributed by atoms with Gasteiger partial charge < -0.3 is 10.1 Å². The second-order valence-electron chi connectivity index (χ2n) is 3.71. The molecule has 90 valence electrons. The predicted molar refractivity (Wildman–Crippen MR) is 59.6 cm³/mol. The van der Waals surface area contributed by atoms with Crippen LogP contribution in [0.2, 0.25) is 0 Å². The number of ether oxygens (including phenoxy) is 1. The highest BCUT2D eigenvalue weighted by Crippen LogP contribution is 2.19. The molecule has 0 saturated carbocycles. The summed E-state index contributed by atoms with van der Waals surface area (Å²) < 4.78 is 31.3. The Kier molecular flexibility index (Phi) is 5.19. The van der Waals surface area contributed by atoms with E-state index in [4.69, 9.17) is 4.74 Å². The third kappa shape index (κ3) is 4.14. The van der Waals surface area contributed by atoms with E-state index < -0.39 is 11.6 Å². The quantitative estimate of drug-likeness (QED) is 0.757. The molecule has 0 saturated heterocycles. The van der Waals surface area contributed by atoms with Crippen LogP contribution < -0.4 is 10.1 Å². The molecule has 1 unspecified atom stereocenters. The van der Waals surface area contributed by atoms with Gasteiger partial charge in [0, 0.05) is 12.6 Å². The van der Waals surface area contributed by atoms with Gasteiger partial charge in [0.1, 0.15) is 11.9 Å². The highest BCUT2D eigenvalue weighted by molar-refractivity contribution is 5.25. The van der Waals surface area contributed by atoms with Gasteiger partial charge in [0.05, 0.1) is 0 Å². The first-order chi connectivity index (χ1) is 7.63. The second kappa shape index (κ2) is 6.43. The van der Waals surface area contributed by atoms with E-state index in [9.17, 15) is 8.78 Å². The van der Waals surface area contributed by atoms with Crippen molar-refractivity contribution in [2.75, 3.05) is 13.1 Å². The molecule has 0 radical (unpaired) electrons. The van der Waals surface area contributed by atoms with Crippen LogP contribution in [0, 0.1) is 11.6 Å². The molecule has 1 aromatic carbocycles. The van der Waals surface area contributed by atoms with Crippen molar-refractivity contribution in [3.63, 3.8) is 0 Å². The molecule has 0 fully saturated rings. The van der Waals surface area contributed by atoms with Crippen molar-refractivity contribution in [1.29, 1.82) is 0 Å². The maximum atomic E-state index is 13.2. The minimum Gasteiger partial charge on any atom is -0.486 e. The van der Waals surface area contributed by atoms with Gasteiger partial charge in [0.15, 0.2) is 11.6 Å². The molecule has 0 bridgehead atoms. The summed E-state index contributed by atoms with van der Waals surface area (Å²) in [4.78, 5) is 0. The molecule has 4 heteroatoms. The number of nitrogens with one attached hydrogen (secondary N) is 1. The second-order valence-corrected chi connectivity index (χ2v) is 3.71. The van der Waals surface area contributed by atoms with E-state index in [1.807, 2.05) is 6.92 Å². The maximum Gasteiger partial charge on any atom is 0.165 e. The van der Waals surface area contributed by atoms with E-state index in [0.29, 0.717) is 6.54 Å². The van der Waals surface area contributed by atoms with Crippen LogP contribution in [0.4, 0.5) is 8.78 Å². The summed E-state index contributed by atoms with van der Waals surface area (Å²) in [6, 6.07) is 3.20. The monoisotopic (exact) mass is 229 g/mol. The van der Waals surface area contributed by atoms with E-state index in [0.717, 1.165) is 31.2 Å². The molecule has 0 aromatic heterocycles. The van der Waals surface area contributed by atoms with Gasteiger partial charge in [-0.2, -0.15) is 0 Å². The molecule has 16 heavy (non-hydrogen) atoms. The van der Waals surface area contributed by atoms with Crippen molar-refractivity contribution in [2.45, 2.75) is 26.4 Å². The van der Waals surface area contributed by atoms with Crippen LogP contribution in [0.3, 0.4) is 0 Å². The largest absolute Gasteiger partial charge is 0.486 e. The smallest absolute Gasteiger partial charge is 0.165 e. The van der Waals surface area contributed by atoms with Crippen LogP contribution in [0.5, 0.6) is 5.75 Å². The number of rotatable bonds is 6. The van der Waals surface area contributed by atoms with Crippen LogP contribution in [0.15, 0.2) is 18.2 Å². The molecule has 0 heterocycles. The summed E-state index contributed by atoms with van der Waals surface area (Å²) >= 11 is 0. The fraction of sp³-hybridized carbons (Fsp3) is 0.500. The lowest BCUT2D eigenvalue weighted by atomic mass is 10.3. The van der Waals surface area contributed by atoms with E-state index in [-0.39, 0.29) is 11.9 Å². The maximum absolute atomic E-state index is 13.2. The van der Waals surface area contributed by atoms with Crippen molar-refractivity contribution in [2.24, 2.45) is 0 Å². The molecule has 1 atom stereocenters. The number of hydrogen-bond acceptors (Lipinski definition) is 2. The predicted octanol–water partition coefficient (Wildman–Crippen LogP) is 2.73. The van der Waals surface area contributed by atoms with Crippen molar-refractivity contribution >= 4 is 0 Å². The average molecular weight is 229 g/mol. The van der Waals surface area contributed by atoms with Crippen LogP contribution in [0.25, 0.3) is 0 Å². The Labute approximate surface area is 94.6 Å². The first-order valence-electron chi connectivity index (χ1n) is 5.46. The molecule has 0 spiro atoms. The summed E-state index contributed by atoms with van der Waals surface area (Å²) in [6.45, 7) is 5.38. The van der Waals surface area contributed by atoms with Gasteiger partial charge in [-0.25, -0.2) is 8.78 Å². The SMILES string of the molecule is CCCNCC(C)Oc1cc(F)ccc1F. The Bertz CT molecular complexity index is 331. The lowest BCUT2D eigenvalue weighted by Crippen LogP contribution is -2.29. The van der Waals surface area contributed by atoms with Crippen LogP contribution in [0.1, 0.15) is 20.3 Å². The molecule has 0 amide bonds. The summed E-state index contributed by atoms with van der Waals surface area (Å²) in [5, 5.41) is 3.15. The number of hydrogen-bond donors (Lipinski definition) is 1. The molecular formula is C12H17F2NO. The zero-order valence-electron chi connectivity index (χ0n) is 9.59. The van der Waals surface area contributed by atoms with Crippen LogP contribution in [-0.4, -0.2) is 19.2 Å². The molecule has 1 rings (SSSR count). The molecule has 1 aromatic rings. The number of halogens is 2. The first kappa shape index (κ1) is 12.9. The minimum atomic E-state index is -0.538. The molecule has 0 aliphatic rings. The van der Waals surface area contributed by atoms with Gasteiger partial charge in [-0.15, -0.1) is 0 Å². The van der Waals surface area contributed by atoms with E-state index in [1.165, 1.54) is 0 Å². The highest BCUT2D eigenvalue weighted by atomic mass is 19.1. The fourth-order valence-corrected chi connectivity index (χ4v) is 1.31. The van der Waals surface area contributed by atoms with Crippen molar-refractivity contribution in [3.8, 4) is 5.75 Å². The summed E-state index contributed by atoms with van der Waals surface area (Å²) in [7, 11) is 0. The highest BCUT2D eigenvalue weighted by Gasteiger charge is 2.09. The lowest BCUT2D eigenvalue weighted by Gasteiger charge is -2.15. The van der Waals surface area contributed by atoms with Crippen LogP contribution in [-0.2, 0) is 0 Å². The molecule has 1 N–H and O–H groups in total. The van der Waals surface area contributed by atoms with Crippen molar-refractivity contribution in [3.05, 3.63) is 29.8 Å². The van der Waals surface area contributed by atoms with Gasteiger partial charge in [-0.3, -0.25) is 0 Å². The third-order valence-electron chi connectivity index (χ3n) is 2.08. The molecule has 0 aliphatic heterocycles. The van der Waals surface area contributed by atoms with Gasteiger partial charge >= 0.3 is 0 Å². The molecule has 2 nitrogen and oxygen atoms in total. The Balaban J connectivity index is 2.48. The van der Waals surface area contributed by atoms with Gasteiger partial charge in [0.25, 0.3) is 0 Å². The first-order valence-corrected chi connectivity index (χ1v) is 5.46. The Morgan fingerprint density at radius 3 is 2.81 bits per heavy atom. The van der Waals surface area contributed by atoms with Crippen molar-refractivity contribution < 1.29 is 13.5 Å². The van der Waals surface area contributed by atoms with Gasteiger partial charge in [0.2, 0.25) is 0 Å². The fourth-order valence-electron chi connectivity index (χ4n) is 1.31. The zero-order chi connectivity index (χ0) is 12.0. The summed E-state index contributed by atoms with van der Waals surface area (Å²) in [5.74, 6) is -1.07. The zero-order valence-corrected chi connectivity index (χ0v) is 9.59. The number of benzene rings is 1. The Hall–Kier alpha value is -1.16. The third-order valence-corrected chi connectivity index (χ3v) is 2.08. The van der Waals surface area contributed by atoms with Gasteiger partial charge in [-0.05, 0) is 32.0 Å². The van der Waals surface area contributed by atoms with E-state index in [1.54, 1.807) is 0 Å². The Morgan fingerprint density at radius 2 is 2.12 bits per heavy atom. The van der Waals surface area contributed by atoms with E-state index in [2.05, 4.69) is 12.2 Å². The average Bonchev–Trinajstić information content (AvgIpc) is 2.24. The van der Waals surface area contributed by atoms with Gasteiger partial charge in [-0.1, -0.05) is 6.92 Å². The normalized spacial score (nSPS) is 12.5. The van der Waals surface area contributed by atoms with Crippen molar-refractivity contribution in [1.82, 2.24) is 5.32 Å².